The molecule has 4 nitrogen and oxygen atoms in total. The molecule has 1 aromatic heterocycles. The first-order chi connectivity index (χ1) is 10.2. The monoisotopic (exact) mass is 317 g/mol. The lowest BCUT2D eigenvalue weighted by Gasteiger charge is -2.09. The number of halogens is 1. The Morgan fingerprint density at radius 1 is 1.10 bits per heavy atom. The van der Waals surface area contributed by atoms with Gasteiger partial charge in [0.05, 0.1) is 5.02 Å². The molecule has 0 amide bonds. The van der Waals surface area contributed by atoms with Crippen LogP contribution in [0, 0.1) is 0 Å². The molecular formula is C15H12ClN3OS. The van der Waals surface area contributed by atoms with Crippen LogP contribution in [-0.4, -0.2) is 9.59 Å². The van der Waals surface area contributed by atoms with E-state index in [0.717, 1.165) is 22.7 Å². The molecule has 0 atom stereocenters. The van der Waals surface area contributed by atoms with Crippen molar-refractivity contribution in [1.29, 1.82) is 0 Å². The summed E-state index contributed by atoms with van der Waals surface area (Å²) in [4.78, 5) is 0. The van der Waals surface area contributed by atoms with Crippen LogP contribution >= 0.6 is 23.1 Å². The SMILES string of the molecule is Nc1snnc1COc1ccc(-c2ccccc2)cc1Cl. The highest BCUT2D eigenvalue weighted by atomic mass is 35.5. The van der Waals surface area contributed by atoms with E-state index in [0.29, 0.717) is 21.5 Å². The molecule has 0 radical (unpaired) electrons. The number of aromatic nitrogens is 2. The Bertz CT molecular complexity index is 746. The van der Waals surface area contributed by atoms with E-state index in [9.17, 15) is 0 Å². The Balaban J connectivity index is 1.77. The van der Waals surface area contributed by atoms with E-state index in [4.69, 9.17) is 22.1 Å². The summed E-state index contributed by atoms with van der Waals surface area (Å²) in [6.07, 6.45) is 0. The van der Waals surface area contributed by atoms with Crippen LogP contribution in [0.15, 0.2) is 48.5 Å². The Kier molecular flexibility index (Phi) is 4.03. The summed E-state index contributed by atoms with van der Waals surface area (Å²) in [5, 5.41) is 5.02. The highest BCUT2D eigenvalue weighted by Crippen LogP contribution is 2.31. The predicted octanol–water partition coefficient (Wildman–Crippen LogP) is 4.02. The molecule has 0 aliphatic rings. The topological polar surface area (TPSA) is 61.0 Å². The van der Waals surface area contributed by atoms with Crippen LogP contribution in [0.1, 0.15) is 5.69 Å². The molecule has 0 saturated heterocycles. The van der Waals surface area contributed by atoms with Gasteiger partial charge in [-0.05, 0) is 23.3 Å². The van der Waals surface area contributed by atoms with Crippen molar-refractivity contribution in [2.45, 2.75) is 6.61 Å². The summed E-state index contributed by atoms with van der Waals surface area (Å²) in [6.45, 7) is 0.257. The number of anilines is 1. The molecule has 3 rings (SSSR count). The van der Waals surface area contributed by atoms with Crippen molar-refractivity contribution in [3.63, 3.8) is 0 Å². The lowest BCUT2D eigenvalue weighted by molar-refractivity contribution is 0.302. The molecule has 2 N–H and O–H groups in total. The zero-order valence-corrected chi connectivity index (χ0v) is 12.6. The number of nitrogens with two attached hydrogens (primary N) is 1. The van der Waals surface area contributed by atoms with E-state index in [-0.39, 0.29) is 6.61 Å². The molecule has 106 valence electrons. The summed E-state index contributed by atoms with van der Waals surface area (Å²) >= 11 is 7.42. The zero-order valence-electron chi connectivity index (χ0n) is 11.0. The van der Waals surface area contributed by atoms with Crippen LogP contribution in [0.3, 0.4) is 0 Å². The molecule has 0 fully saturated rings. The van der Waals surface area contributed by atoms with Gasteiger partial charge in [-0.2, -0.15) is 0 Å². The van der Waals surface area contributed by atoms with Gasteiger partial charge >= 0.3 is 0 Å². The van der Waals surface area contributed by atoms with Gasteiger partial charge < -0.3 is 10.5 Å². The minimum absolute atomic E-state index is 0.257. The number of hydrogen-bond donors (Lipinski definition) is 1. The maximum Gasteiger partial charge on any atom is 0.138 e. The maximum atomic E-state index is 6.27. The number of hydrogen-bond acceptors (Lipinski definition) is 5. The van der Waals surface area contributed by atoms with Gasteiger partial charge in [0.2, 0.25) is 0 Å². The normalized spacial score (nSPS) is 10.5. The number of ether oxygens (including phenoxy) is 1. The van der Waals surface area contributed by atoms with Crippen LogP contribution in [-0.2, 0) is 6.61 Å². The molecule has 0 spiro atoms. The van der Waals surface area contributed by atoms with Crippen LogP contribution in [0.2, 0.25) is 5.02 Å². The predicted molar refractivity (Wildman–Crippen MR) is 85.5 cm³/mol. The van der Waals surface area contributed by atoms with Gasteiger partial charge in [-0.15, -0.1) is 5.10 Å². The van der Waals surface area contributed by atoms with Crippen molar-refractivity contribution >= 4 is 28.1 Å². The second-order valence-electron chi connectivity index (χ2n) is 4.38. The number of rotatable bonds is 4. The number of nitrogens with zero attached hydrogens (tertiary/aromatic N) is 2. The second kappa shape index (κ2) is 6.11. The van der Waals surface area contributed by atoms with Gasteiger partial charge in [0.25, 0.3) is 0 Å². The first-order valence-corrected chi connectivity index (χ1v) is 7.43. The molecule has 0 saturated carbocycles. The summed E-state index contributed by atoms with van der Waals surface area (Å²) < 4.78 is 9.41. The van der Waals surface area contributed by atoms with E-state index >= 15 is 0 Å². The second-order valence-corrected chi connectivity index (χ2v) is 5.58. The van der Waals surface area contributed by atoms with Crippen molar-refractivity contribution in [2.24, 2.45) is 0 Å². The third kappa shape index (κ3) is 3.15. The van der Waals surface area contributed by atoms with Gasteiger partial charge in [0.15, 0.2) is 0 Å². The van der Waals surface area contributed by atoms with Crippen molar-refractivity contribution < 1.29 is 4.74 Å². The third-order valence-corrected chi connectivity index (χ3v) is 3.88. The first-order valence-electron chi connectivity index (χ1n) is 6.28. The Labute approximate surface area is 131 Å². The molecule has 0 bridgehead atoms. The van der Waals surface area contributed by atoms with Crippen molar-refractivity contribution in [3.05, 3.63) is 59.2 Å². The zero-order chi connectivity index (χ0) is 14.7. The summed E-state index contributed by atoms with van der Waals surface area (Å²) in [6, 6.07) is 15.7. The molecule has 0 aliphatic carbocycles. The maximum absolute atomic E-state index is 6.27. The molecular weight excluding hydrogens is 306 g/mol. The first kappa shape index (κ1) is 13.9. The van der Waals surface area contributed by atoms with E-state index in [1.54, 1.807) is 0 Å². The highest BCUT2D eigenvalue weighted by Gasteiger charge is 2.08. The van der Waals surface area contributed by atoms with Gasteiger partial charge in [-0.3, -0.25) is 0 Å². The summed E-state index contributed by atoms with van der Waals surface area (Å²) in [5.74, 6) is 0.601. The Morgan fingerprint density at radius 2 is 1.90 bits per heavy atom. The van der Waals surface area contributed by atoms with E-state index < -0.39 is 0 Å². The van der Waals surface area contributed by atoms with Crippen molar-refractivity contribution in [1.82, 2.24) is 9.59 Å². The molecule has 1 heterocycles. The van der Waals surface area contributed by atoms with Gasteiger partial charge in [0.1, 0.15) is 23.1 Å². The standard InChI is InChI=1S/C15H12ClN3OS/c16-12-8-11(10-4-2-1-3-5-10)6-7-14(12)20-9-13-15(17)21-19-18-13/h1-8H,9,17H2. The Morgan fingerprint density at radius 3 is 2.57 bits per heavy atom. The van der Waals surface area contributed by atoms with Gasteiger partial charge in [0, 0.05) is 11.5 Å². The highest BCUT2D eigenvalue weighted by molar-refractivity contribution is 7.09. The average Bonchev–Trinajstić information content (AvgIpc) is 2.92. The minimum Gasteiger partial charge on any atom is -0.486 e. The van der Waals surface area contributed by atoms with Crippen molar-refractivity contribution in [3.8, 4) is 16.9 Å². The fourth-order valence-electron chi connectivity index (χ4n) is 1.89. The van der Waals surface area contributed by atoms with E-state index in [1.165, 1.54) is 0 Å². The van der Waals surface area contributed by atoms with Crippen molar-refractivity contribution in [2.75, 3.05) is 5.73 Å². The third-order valence-electron chi connectivity index (χ3n) is 2.99. The average molecular weight is 318 g/mol. The molecule has 0 unspecified atom stereocenters. The molecule has 0 aliphatic heterocycles. The smallest absolute Gasteiger partial charge is 0.138 e. The lowest BCUT2D eigenvalue weighted by atomic mass is 10.1. The Hall–Kier alpha value is -2.11. The lowest BCUT2D eigenvalue weighted by Crippen LogP contribution is -1.99. The van der Waals surface area contributed by atoms with Crippen LogP contribution in [0.4, 0.5) is 5.00 Å². The van der Waals surface area contributed by atoms with Gasteiger partial charge in [-0.25, -0.2) is 0 Å². The van der Waals surface area contributed by atoms with E-state index in [2.05, 4.69) is 9.59 Å². The fraction of sp³-hybridized carbons (Fsp3) is 0.0667. The van der Waals surface area contributed by atoms with Crippen LogP contribution < -0.4 is 10.5 Å². The van der Waals surface area contributed by atoms with Gasteiger partial charge in [-0.1, -0.05) is 52.5 Å². The molecule has 6 heteroatoms. The molecule has 2 aromatic carbocycles. The van der Waals surface area contributed by atoms with Crippen LogP contribution in [0.5, 0.6) is 5.75 Å². The number of benzene rings is 2. The molecule has 21 heavy (non-hydrogen) atoms. The summed E-state index contributed by atoms with van der Waals surface area (Å²) in [5.41, 5.74) is 8.51. The molecule has 3 aromatic rings. The fourth-order valence-corrected chi connectivity index (χ4v) is 2.56. The quantitative estimate of drug-likeness (QED) is 0.789. The van der Waals surface area contributed by atoms with E-state index in [1.807, 2.05) is 48.5 Å². The number of nitrogen functional groups attached to an aromatic ring is 1. The largest absolute Gasteiger partial charge is 0.486 e. The minimum atomic E-state index is 0.257. The summed E-state index contributed by atoms with van der Waals surface area (Å²) in [7, 11) is 0. The van der Waals surface area contributed by atoms with Crippen LogP contribution in [0.25, 0.3) is 11.1 Å².